The number of nitrogens with one attached hydrogen (secondary N) is 4. The summed E-state index contributed by atoms with van der Waals surface area (Å²) in [5.41, 5.74) is 7.50. The molecule has 2 aliphatic rings. The average molecular weight is 396 g/mol. The van der Waals surface area contributed by atoms with Gasteiger partial charge in [-0.15, -0.1) is 0 Å². The van der Waals surface area contributed by atoms with Gasteiger partial charge < -0.3 is 15.4 Å². The molecule has 4 unspecified atom stereocenters. The lowest BCUT2D eigenvalue weighted by molar-refractivity contribution is -0.144. The Morgan fingerprint density at radius 2 is 1.97 bits per heavy atom. The van der Waals surface area contributed by atoms with E-state index in [4.69, 9.17) is 4.74 Å². The third kappa shape index (κ3) is 4.36. The number of hydrogen-bond acceptors (Lipinski definition) is 8. The van der Waals surface area contributed by atoms with Crippen LogP contribution < -0.4 is 21.5 Å². The number of hydrazine groups is 1. The summed E-state index contributed by atoms with van der Waals surface area (Å²) in [6.07, 6.45) is 5.74. The van der Waals surface area contributed by atoms with Gasteiger partial charge in [-0.1, -0.05) is 6.07 Å². The highest BCUT2D eigenvalue weighted by atomic mass is 16.5. The number of anilines is 2. The van der Waals surface area contributed by atoms with Crippen molar-refractivity contribution in [2.75, 3.05) is 12.4 Å². The van der Waals surface area contributed by atoms with Gasteiger partial charge in [0, 0.05) is 41.6 Å². The lowest BCUT2D eigenvalue weighted by Gasteiger charge is -2.32. The molecule has 1 aliphatic heterocycles. The van der Waals surface area contributed by atoms with Crippen LogP contribution in [0.2, 0.25) is 0 Å². The topological polar surface area (TPSA) is 117 Å². The summed E-state index contributed by atoms with van der Waals surface area (Å²) in [5.74, 6) is 0.140. The average Bonchev–Trinajstić information content (AvgIpc) is 3.17. The van der Waals surface area contributed by atoms with Gasteiger partial charge in [-0.2, -0.15) is 0 Å². The summed E-state index contributed by atoms with van der Waals surface area (Å²) in [7, 11) is 1.39. The molecule has 4 atom stereocenters. The van der Waals surface area contributed by atoms with E-state index in [0.29, 0.717) is 17.9 Å². The molecular formula is C20H24N6O3. The minimum atomic E-state index is -0.386. The van der Waals surface area contributed by atoms with E-state index < -0.39 is 0 Å². The second-order valence-corrected chi connectivity index (χ2v) is 7.32. The quantitative estimate of drug-likeness (QED) is 0.556. The van der Waals surface area contributed by atoms with Crippen LogP contribution in [-0.4, -0.2) is 47.1 Å². The first kappa shape index (κ1) is 19.3. The molecule has 4 rings (SSSR count). The van der Waals surface area contributed by atoms with E-state index >= 15 is 0 Å². The summed E-state index contributed by atoms with van der Waals surface area (Å²) < 4.78 is 4.88. The fourth-order valence-electron chi connectivity index (χ4n) is 4.05. The van der Waals surface area contributed by atoms with Gasteiger partial charge in [-0.3, -0.25) is 15.0 Å². The molecule has 1 aromatic carbocycles. The van der Waals surface area contributed by atoms with E-state index in [0.717, 1.165) is 18.5 Å². The van der Waals surface area contributed by atoms with Crippen LogP contribution in [0.1, 0.15) is 29.6 Å². The molecule has 4 N–H and O–H groups in total. The molecule has 0 bridgehead atoms. The summed E-state index contributed by atoms with van der Waals surface area (Å²) in [6.45, 7) is 0. The molecule has 29 heavy (non-hydrogen) atoms. The summed E-state index contributed by atoms with van der Waals surface area (Å²) in [6, 6.07) is 8.79. The molecule has 1 saturated heterocycles. The SMILES string of the molecule is COC(=O)C1NNC2CCC(NC(=O)c3cccc(Nc4ncccn4)c3)CC21. The molecule has 1 aromatic heterocycles. The second-order valence-electron chi connectivity index (χ2n) is 7.32. The van der Waals surface area contributed by atoms with Gasteiger partial charge in [-0.25, -0.2) is 15.4 Å². The lowest BCUT2D eigenvalue weighted by Crippen LogP contribution is -2.46. The molecule has 0 radical (unpaired) electrons. The molecule has 9 nitrogen and oxygen atoms in total. The predicted octanol–water partition coefficient (Wildman–Crippen LogP) is 1.14. The maximum Gasteiger partial charge on any atom is 0.324 e. The van der Waals surface area contributed by atoms with Gasteiger partial charge in [0.2, 0.25) is 5.95 Å². The molecule has 2 aromatic rings. The van der Waals surface area contributed by atoms with Crippen LogP contribution in [-0.2, 0) is 9.53 Å². The number of fused-ring (bicyclic) bond motifs is 1. The van der Waals surface area contributed by atoms with Crippen molar-refractivity contribution in [1.82, 2.24) is 26.1 Å². The van der Waals surface area contributed by atoms with Crippen LogP contribution >= 0.6 is 0 Å². The van der Waals surface area contributed by atoms with Crippen LogP contribution in [0, 0.1) is 5.92 Å². The van der Waals surface area contributed by atoms with Gasteiger partial charge in [0.25, 0.3) is 5.91 Å². The van der Waals surface area contributed by atoms with Crippen molar-refractivity contribution in [2.24, 2.45) is 5.92 Å². The number of amides is 1. The van der Waals surface area contributed by atoms with E-state index in [9.17, 15) is 9.59 Å². The molecule has 152 valence electrons. The Hall–Kier alpha value is -3.04. The third-order valence-corrected chi connectivity index (χ3v) is 5.49. The van der Waals surface area contributed by atoms with Crippen LogP contribution in [0.15, 0.2) is 42.7 Å². The fraction of sp³-hybridized carbons (Fsp3) is 0.400. The number of carbonyl (C=O) groups excluding carboxylic acids is 2. The zero-order valence-electron chi connectivity index (χ0n) is 16.1. The number of ether oxygens (including phenoxy) is 1. The first-order valence-corrected chi connectivity index (χ1v) is 9.68. The Bertz CT molecular complexity index is 878. The van der Waals surface area contributed by atoms with E-state index in [1.165, 1.54) is 7.11 Å². The first-order valence-electron chi connectivity index (χ1n) is 9.68. The zero-order chi connectivity index (χ0) is 20.2. The Balaban J connectivity index is 1.39. The largest absolute Gasteiger partial charge is 0.468 e. The standard InChI is InChI=1S/C20H24N6O3/c1-29-19(28)17-15-11-14(6-7-16(15)25-26-17)23-18(27)12-4-2-5-13(10-12)24-20-21-8-3-9-22-20/h2-5,8-10,14-17,25-26H,6-7,11H2,1H3,(H,23,27)(H,21,22,24). The number of esters is 1. The molecule has 1 aliphatic carbocycles. The van der Waals surface area contributed by atoms with Crippen molar-refractivity contribution in [1.29, 1.82) is 0 Å². The van der Waals surface area contributed by atoms with Crippen molar-refractivity contribution in [3.8, 4) is 0 Å². The molecular weight excluding hydrogens is 372 g/mol. The van der Waals surface area contributed by atoms with E-state index in [1.807, 2.05) is 12.1 Å². The van der Waals surface area contributed by atoms with E-state index in [1.54, 1.807) is 30.6 Å². The number of methoxy groups -OCH3 is 1. The number of nitrogens with zero attached hydrogens (tertiary/aromatic N) is 2. The summed E-state index contributed by atoms with van der Waals surface area (Å²) >= 11 is 0. The van der Waals surface area contributed by atoms with Crippen molar-refractivity contribution in [3.63, 3.8) is 0 Å². The van der Waals surface area contributed by atoms with Crippen LogP contribution in [0.25, 0.3) is 0 Å². The maximum atomic E-state index is 12.8. The van der Waals surface area contributed by atoms with Crippen molar-refractivity contribution in [2.45, 2.75) is 37.4 Å². The smallest absolute Gasteiger partial charge is 0.324 e. The van der Waals surface area contributed by atoms with Gasteiger partial charge in [0.05, 0.1) is 7.11 Å². The Morgan fingerprint density at radius 3 is 2.76 bits per heavy atom. The normalized spacial score (nSPS) is 25.7. The predicted molar refractivity (Wildman–Crippen MR) is 106 cm³/mol. The molecule has 1 saturated carbocycles. The molecule has 2 heterocycles. The highest BCUT2D eigenvalue weighted by Crippen LogP contribution is 2.31. The Kier molecular flexibility index (Phi) is 5.68. The molecule has 1 amide bonds. The van der Waals surface area contributed by atoms with Crippen molar-refractivity contribution >= 4 is 23.5 Å². The number of hydrogen-bond donors (Lipinski definition) is 4. The minimum Gasteiger partial charge on any atom is -0.468 e. The van der Waals surface area contributed by atoms with Gasteiger partial charge in [0.1, 0.15) is 6.04 Å². The van der Waals surface area contributed by atoms with Crippen molar-refractivity contribution < 1.29 is 14.3 Å². The first-order chi connectivity index (χ1) is 14.1. The third-order valence-electron chi connectivity index (χ3n) is 5.49. The van der Waals surface area contributed by atoms with Crippen LogP contribution in [0.4, 0.5) is 11.6 Å². The maximum absolute atomic E-state index is 12.8. The molecule has 9 heteroatoms. The summed E-state index contributed by atoms with van der Waals surface area (Å²) in [4.78, 5) is 33.0. The molecule has 0 spiro atoms. The monoisotopic (exact) mass is 396 g/mol. The Labute approximate surface area is 168 Å². The second kappa shape index (κ2) is 8.54. The Morgan fingerprint density at radius 1 is 1.14 bits per heavy atom. The number of rotatable bonds is 5. The van der Waals surface area contributed by atoms with E-state index in [-0.39, 0.29) is 35.9 Å². The number of benzene rings is 1. The summed E-state index contributed by atoms with van der Waals surface area (Å²) in [5, 5.41) is 6.20. The van der Waals surface area contributed by atoms with E-state index in [2.05, 4.69) is 31.5 Å². The highest BCUT2D eigenvalue weighted by molar-refractivity contribution is 5.95. The highest BCUT2D eigenvalue weighted by Gasteiger charge is 2.44. The molecule has 2 fully saturated rings. The lowest BCUT2D eigenvalue weighted by atomic mass is 9.79. The van der Waals surface area contributed by atoms with Crippen LogP contribution in [0.5, 0.6) is 0 Å². The fourth-order valence-corrected chi connectivity index (χ4v) is 4.05. The van der Waals surface area contributed by atoms with Gasteiger partial charge >= 0.3 is 5.97 Å². The van der Waals surface area contributed by atoms with Gasteiger partial charge in [0.15, 0.2) is 0 Å². The van der Waals surface area contributed by atoms with Crippen LogP contribution in [0.3, 0.4) is 0 Å². The van der Waals surface area contributed by atoms with Crippen molar-refractivity contribution in [3.05, 3.63) is 48.3 Å². The minimum absolute atomic E-state index is 0.00618. The number of carbonyl (C=O) groups is 2. The van der Waals surface area contributed by atoms with Gasteiger partial charge in [-0.05, 0) is 43.5 Å². The zero-order valence-corrected chi connectivity index (χ0v) is 16.1. The number of aromatic nitrogens is 2.